The lowest BCUT2D eigenvalue weighted by Crippen LogP contribution is -2.10. The molecule has 2 nitrogen and oxygen atoms in total. The van der Waals surface area contributed by atoms with Crippen molar-refractivity contribution in [2.45, 2.75) is 17.9 Å². The van der Waals surface area contributed by atoms with Gasteiger partial charge in [0.1, 0.15) is 6.10 Å². The van der Waals surface area contributed by atoms with Crippen LogP contribution >= 0.6 is 23.4 Å². The van der Waals surface area contributed by atoms with Crippen LogP contribution < -0.4 is 0 Å². The van der Waals surface area contributed by atoms with Crippen LogP contribution in [0.3, 0.4) is 0 Å². The van der Waals surface area contributed by atoms with Gasteiger partial charge in [-0.15, -0.1) is 11.8 Å². The zero-order valence-electron chi connectivity index (χ0n) is 11.1. The molecule has 2 aromatic carbocycles. The lowest BCUT2D eigenvalue weighted by molar-refractivity contribution is -0.145. The van der Waals surface area contributed by atoms with E-state index in [1.165, 1.54) is 6.92 Å². The van der Waals surface area contributed by atoms with Crippen LogP contribution in [0, 0.1) is 0 Å². The van der Waals surface area contributed by atoms with Gasteiger partial charge in [-0.1, -0.05) is 41.9 Å². The maximum absolute atomic E-state index is 11.2. The van der Waals surface area contributed by atoms with Crippen molar-refractivity contribution >= 4 is 29.3 Å². The number of esters is 1. The third-order valence-electron chi connectivity index (χ3n) is 2.69. The van der Waals surface area contributed by atoms with Crippen LogP contribution in [0.25, 0.3) is 0 Å². The van der Waals surface area contributed by atoms with Crippen LogP contribution in [-0.2, 0) is 9.53 Å². The molecule has 2 rings (SSSR count). The first-order valence-corrected chi connectivity index (χ1v) is 7.62. The predicted molar refractivity (Wildman–Crippen MR) is 83.1 cm³/mol. The lowest BCUT2D eigenvalue weighted by atomic mass is 10.1. The largest absolute Gasteiger partial charge is 0.457 e. The van der Waals surface area contributed by atoms with Gasteiger partial charge in [-0.3, -0.25) is 4.79 Å². The molecule has 1 atom stereocenters. The van der Waals surface area contributed by atoms with Crippen molar-refractivity contribution in [3.05, 3.63) is 65.2 Å². The summed E-state index contributed by atoms with van der Waals surface area (Å²) in [5.41, 5.74) is 1.00. The Morgan fingerprint density at radius 2 is 1.80 bits per heavy atom. The van der Waals surface area contributed by atoms with Crippen LogP contribution in [0.15, 0.2) is 59.5 Å². The fourth-order valence-electron chi connectivity index (χ4n) is 1.77. The Hall–Kier alpha value is -1.45. The van der Waals surface area contributed by atoms with Crippen molar-refractivity contribution in [2.24, 2.45) is 0 Å². The van der Waals surface area contributed by atoms with Gasteiger partial charge in [0.2, 0.25) is 0 Å². The van der Waals surface area contributed by atoms with E-state index < -0.39 is 0 Å². The van der Waals surface area contributed by atoms with Crippen LogP contribution in [-0.4, -0.2) is 11.7 Å². The van der Waals surface area contributed by atoms with E-state index >= 15 is 0 Å². The molecule has 20 heavy (non-hydrogen) atoms. The molecule has 0 radical (unpaired) electrons. The van der Waals surface area contributed by atoms with E-state index in [1.807, 2.05) is 54.6 Å². The average Bonchev–Trinajstić information content (AvgIpc) is 2.46. The first-order chi connectivity index (χ1) is 9.65. The molecule has 1 unspecified atom stereocenters. The number of thioether (sulfide) groups is 1. The second-order valence-electron chi connectivity index (χ2n) is 4.27. The molecule has 0 N–H and O–H groups in total. The summed E-state index contributed by atoms with van der Waals surface area (Å²) < 4.78 is 5.40. The normalized spacial score (nSPS) is 11.9. The Labute approximate surface area is 128 Å². The third kappa shape index (κ3) is 4.58. The number of carbonyl (C=O) groups excluding carboxylic acids is 1. The fraction of sp³-hybridized carbons (Fsp3) is 0.188. The SMILES string of the molecule is CC(=O)OC(CSc1ccc(Cl)cc1)c1ccccc1. The first kappa shape index (κ1) is 14.9. The standard InChI is InChI=1S/C16H15ClO2S/c1-12(18)19-16(13-5-3-2-4-6-13)11-20-15-9-7-14(17)8-10-15/h2-10,16H,11H2,1H3. The zero-order chi connectivity index (χ0) is 14.4. The number of carbonyl (C=O) groups is 1. The van der Waals surface area contributed by atoms with Gasteiger partial charge in [0.05, 0.1) is 0 Å². The smallest absolute Gasteiger partial charge is 0.303 e. The number of hydrogen-bond acceptors (Lipinski definition) is 3. The van der Waals surface area contributed by atoms with Gasteiger partial charge in [0.25, 0.3) is 0 Å². The molecule has 104 valence electrons. The average molecular weight is 307 g/mol. The minimum absolute atomic E-state index is 0.241. The third-order valence-corrected chi connectivity index (χ3v) is 4.02. The molecular formula is C16H15ClO2S. The van der Waals surface area contributed by atoms with Gasteiger partial charge < -0.3 is 4.74 Å². The van der Waals surface area contributed by atoms with E-state index in [0.717, 1.165) is 10.5 Å². The number of rotatable bonds is 5. The molecule has 0 aliphatic heterocycles. The Balaban J connectivity index is 2.04. The number of hydrogen-bond donors (Lipinski definition) is 0. The highest BCUT2D eigenvalue weighted by Gasteiger charge is 2.14. The van der Waals surface area contributed by atoms with Gasteiger partial charge in [0.15, 0.2) is 0 Å². The Morgan fingerprint density at radius 1 is 1.15 bits per heavy atom. The van der Waals surface area contributed by atoms with E-state index in [-0.39, 0.29) is 12.1 Å². The van der Waals surface area contributed by atoms with Gasteiger partial charge in [-0.2, -0.15) is 0 Å². The number of benzene rings is 2. The molecule has 0 bridgehead atoms. The van der Waals surface area contributed by atoms with Crippen molar-refractivity contribution in [2.75, 3.05) is 5.75 Å². The molecule has 0 aromatic heterocycles. The molecule has 0 saturated carbocycles. The second kappa shape index (κ2) is 7.36. The van der Waals surface area contributed by atoms with Gasteiger partial charge in [0, 0.05) is 22.6 Å². The molecule has 0 fully saturated rings. The molecule has 0 aliphatic carbocycles. The molecule has 4 heteroatoms. The minimum atomic E-state index is -0.268. The molecular weight excluding hydrogens is 292 g/mol. The van der Waals surface area contributed by atoms with E-state index in [1.54, 1.807) is 11.8 Å². The van der Waals surface area contributed by atoms with Crippen LogP contribution in [0.1, 0.15) is 18.6 Å². The second-order valence-corrected chi connectivity index (χ2v) is 5.80. The summed E-state index contributed by atoms with van der Waals surface area (Å²) in [6, 6.07) is 17.4. The predicted octanol–water partition coefficient (Wildman–Crippen LogP) is 4.74. The Morgan fingerprint density at radius 3 is 2.40 bits per heavy atom. The highest BCUT2D eigenvalue weighted by molar-refractivity contribution is 7.99. The zero-order valence-corrected chi connectivity index (χ0v) is 12.7. The molecule has 0 saturated heterocycles. The van der Waals surface area contributed by atoms with E-state index in [2.05, 4.69) is 0 Å². The fourth-order valence-corrected chi connectivity index (χ4v) is 2.83. The summed E-state index contributed by atoms with van der Waals surface area (Å²) in [5, 5.41) is 0.717. The van der Waals surface area contributed by atoms with Gasteiger partial charge in [-0.05, 0) is 29.8 Å². The molecule has 0 amide bonds. The van der Waals surface area contributed by atoms with Crippen LogP contribution in [0.4, 0.5) is 0 Å². The summed E-state index contributed by atoms with van der Waals surface area (Å²) in [7, 11) is 0. The Bertz CT molecular complexity index is 554. The van der Waals surface area contributed by atoms with Crippen molar-refractivity contribution in [3.63, 3.8) is 0 Å². The first-order valence-electron chi connectivity index (χ1n) is 6.25. The topological polar surface area (TPSA) is 26.3 Å². The van der Waals surface area contributed by atoms with Crippen molar-refractivity contribution in [3.8, 4) is 0 Å². The number of halogens is 1. The highest BCUT2D eigenvalue weighted by Crippen LogP contribution is 2.28. The summed E-state index contributed by atoms with van der Waals surface area (Å²) in [6.07, 6.45) is -0.241. The Kier molecular flexibility index (Phi) is 5.50. The van der Waals surface area contributed by atoms with Crippen LogP contribution in [0.2, 0.25) is 5.02 Å². The number of ether oxygens (including phenoxy) is 1. The summed E-state index contributed by atoms with van der Waals surface area (Å²) in [4.78, 5) is 12.3. The van der Waals surface area contributed by atoms with E-state index in [4.69, 9.17) is 16.3 Å². The summed E-state index contributed by atoms with van der Waals surface area (Å²) >= 11 is 7.50. The van der Waals surface area contributed by atoms with Gasteiger partial charge in [-0.25, -0.2) is 0 Å². The van der Waals surface area contributed by atoms with E-state index in [9.17, 15) is 4.79 Å². The minimum Gasteiger partial charge on any atom is -0.457 e. The monoisotopic (exact) mass is 306 g/mol. The molecule has 0 spiro atoms. The van der Waals surface area contributed by atoms with Crippen molar-refractivity contribution in [1.29, 1.82) is 0 Å². The maximum atomic E-state index is 11.2. The highest BCUT2D eigenvalue weighted by atomic mass is 35.5. The summed E-state index contributed by atoms with van der Waals surface area (Å²) in [6.45, 7) is 1.43. The quantitative estimate of drug-likeness (QED) is 0.590. The maximum Gasteiger partial charge on any atom is 0.303 e. The van der Waals surface area contributed by atoms with Gasteiger partial charge >= 0.3 is 5.97 Å². The van der Waals surface area contributed by atoms with Crippen molar-refractivity contribution in [1.82, 2.24) is 0 Å². The summed E-state index contributed by atoms with van der Waals surface area (Å²) in [5.74, 6) is 0.404. The molecule has 2 aromatic rings. The lowest BCUT2D eigenvalue weighted by Gasteiger charge is -2.17. The van der Waals surface area contributed by atoms with Crippen molar-refractivity contribution < 1.29 is 9.53 Å². The van der Waals surface area contributed by atoms with Crippen LogP contribution in [0.5, 0.6) is 0 Å². The molecule has 0 heterocycles. The van der Waals surface area contributed by atoms with E-state index in [0.29, 0.717) is 10.8 Å². The molecule has 0 aliphatic rings.